The van der Waals surface area contributed by atoms with Crippen molar-refractivity contribution in [1.82, 2.24) is 0 Å². The summed E-state index contributed by atoms with van der Waals surface area (Å²) in [5.74, 6) is 1.50. The molecule has 3 aromatic carbocycles. The van der Waals surface area contributed by atoms with Gasteiger partial charge in [-0.15, -0.1) is 34.8 Å². The molecule has 0 saturated carbocycles. The van der Waals surface area contributed by atoms with E-state index in [1.807, 2.05) is 78.9 Å². The average Bonchev–Trinajstić information content (AvgIpc) is 3.56. The molecule has 39 heavy (non-hydrogen) atoms. The third-order valence-electron chi connectivity index (χ3n) is 5.38. The molecule has 1 aliphatic heterocycles. The third-order valence-corrected chi connectivity index (χ3v) is 6.00. The maximum Gasteiger partial charge on any atom is 0.164 e. The SMILES string of the molecule is C1CCOC1.O=C(CCCl)c1ccccc1.O[C@@H](CCCl)c1ccccc1.O[C@H](CCCl)c1ccccc1.[B]. The van der Waals surface area contributed by atoms with Gasteiger partial charge in [-0.1, -0.05) is 91.0 Å². The lowest BCUT2D eigenvalue weighted by Gasteiger charge is -2.07. The van der Waals surface area contributed by atoms with Crippen LogP contribution in [0.5, 0.6) is 0 Å². The molecule has 3 aromatic rings. The number of hydrogen-bond donors (Lipinski definition) is 2. The Morgan fingerprint density at radius 2 is 1.05 bits per heavy atom. The Hall–Kier alpha value is -1.86. The van der Waals surface area contributed by atoms with E-state index in [4.69, 9.17) is 39.5 Å². The number of halogens is 3. The van der Waals surface area contributed by atoms with Crippen LogP contribution < -0.4 is 0 Å². The Labute approximate surface area is 250 Å². The summed E-state index contributed by atoms with van der Waals surface area (Å²) in [5, 5.41) is 18.9. The second-order valence-corrected chi connectivity index (χ2v) is 9.49. The molecule has 1 fully saturated rings. The van der Waals surface area contributed by atoms with E-state index in [0.717, 1.165) is 29.9 Å². The number of alkyl halides is 3. The lowest BCUT2D eigenvalue weighted by atomic mass is 10.1. The minimum absolute atomic E-state index is 0. The summed E-state index contributed by atoms with van der Waals surface area (Å²) >= 11 is 16.4. The molecule has 0 amide bonds. The first-order chi connectivity index (χ1) is 18.5. The second kappa shape index (κ2) is 25.1. The Balaban J connectivity index is 0.000000504. The molecule has 4 nitrogen and oxygen atoms in total. The van der Waals surface area contributed by atoms with E-state index in [-0.39, 0.29) is 14.2 Å². The van der Waals surface area contributed by atoms with Gasteiger partial charge in [0, 0.05) is 51.3 Å². The standard InChI is InChI=1S/2C9H11ClO.C9H9ClO.C4H8O.B/c3*10-7-6-9(11)8-4-2-1-3-5-8;1-2-4-5-3-1;/h2*1-5,9,11H,6-7H2;1-5H,6-7H2;1-4H2;/t2*9-;;;/m10.../s1. The van der Waals surface area contributed by atoms with Gasteiger partial charge in [0.15, 0.2) is 5.78 Å². The minimum atomic E-state index is -0.409. The van der Waals surface area contributed by atoms with Gasteiger partial charge >= 0.3 is 0 Å². The largest absolute Gasteiger partial charge is 0.388 e. The fraction of sp³-hybridized carbons (Fsp3) is 0.387. The molecule has 2 atom stereocenters. The van der Waals surface area contributed by atoms with Crippen molar-refractivity contribution >= 4 is 49.0 Å². The number of aliphatic hydroxyl groups is 2. The zero-order chi connectivity index (χ0) is 27.8. The number of hydrogen-bond acceptors (Lipinski definition) is 4. The van der Waals surface area contributed by atoms with E-state index in [0.29, 0.717) is 36.9 Å². The molecular weight excluding hydrogens is 554 g/mol. The van der Waals surface area contributed by atoms with Crippen molar-refractivity contribution in [2.45, 2.75) is 44.3 Å². The normalized spacial score (nSPS) is 13.1. The first-order valence-corrected chi connectivity index (χ1v) is 14.4. The van der Waals surface area contributed by atoms with E-state index in [1.165, 1.54) is 12.8 Å². The summed E-state index contributed by atoms with van der Waals surface area (Å²) in [7, 11) is 0. The van der Waals surface area contributed by atoms with Crippen molar-refractivity contribution in [2.24, 2.45) is 0 Å². The number of aliphatic hydroxyl groups excluding tert-OH is 2. The van der Waals surface area contributed by atoms with Crippen LogP contribution in [0.1, 0.15) is 65.8 Å². The smallest absolute Gasteiger partial charge is 0.164 e. The maximum atomic E-state index is 11.2. The van der Waals surface area contributed by atoms with E-state index < -0.39 is 12.2 Å². The van der Waals surface area contributed by atoms with E-state index in [9.17, 15) is 15.0 Å². The van der Waals surface area contributed by atoms with Crippen LogP contribution in [0.25, 0.3) is 0 Å². The fourth-order valence-corrected chi connectivity index (χ4v) is 3.84. The Morgan fingerprint density at radius 1 is 0.667 bits per heavy atom. The number of carbonyl (C=O) groups is 1. The third kappa shape index (κ3) is 18.2. The summed E-state index contributed by atoms with van der Waals surface area (Å²) in [6.07, 6.45) is 3.39. The van der Waals surface area contributed by atoms with Gasteiger partial charge < -0.3 is 14.9 Å². The molecule has 4 rings (SSSR count). The molecular formula is C31H39BCl3O4. The van der Waals surface area contributed by atoms with Gasteiger partial charge in [0.2, 0.25) is 0 Å². The van der Waals surface area contributed by atoms with Crippen LogP contribution in [-0.4, -0.2) is 55.3 Å². The molecule has 3 radical (unpaired) electrons. The van der Waals surface area contributed by atoms with E-state index in [1.54, 1.807) is 12.1 Å². The lowest BCUT2D eigenvalue weighted by Crippen LogP contribution is -1.98. The molecule has 0 bridgehead atoms. The zero-order valence-corrected chi connectivity index (χ0v) is 24.6. The highest BCUT2D eigenvalue weighted by atomic mass is 35.5. The van der Waals surface area contributed by atoms with Crippen molar-refractivity contribution in [3.8, 4) is 0 Å². The second-order valence-electron chi connectivity index (χ2n) is 8.36. The van der Waals surface area contributed by atoms with Gasteiger partial charge in [-0.25, -0.2) is 0 Å². The van der Waals surface area contributed by atoms with Crippen molar-refractivity contribution < 1.29 is 19.7 Å². The van der Waals surface area contributed by atoms with Crippen molar-refractivity contribution in [1.29, 1.82) is 0 Å². The number of rotatable bonds is 9. The number of ether oxygens (including phenoxy) is 1. The number of benzene rings is 3. The summed E-state index contributed by atoms with van der Waals surface area (Å²) < 4.78 is 4.94. The lowest BCUT2D eigenvalue weighted by molar-refractivity contribution is 0.0989. The highest BCUT2D eigenvalue weighted by Crippen LogP contribution is 2.16. The molecule has 0 aromatic heterocycles. The first kappa shape index (κ1) is 37.1. The fourth-order valence-electron chi connectivity index (χ4n) is 3.25. The summed E-state index contributed by atoms with van der Waals surface area (Å²) in [5.41, 5.74) is 2.62. The number of carbonyl (C=O) groups excluding carboxylic acids is 1. The molecule has 0 spiro atoms. The van der Waals surface area contributed by atoms with Crippen molar-refractivity contribution in [3.63, 3.8) is 0 Å². The molecule has 2 N–H and O–H groups in total. The monoisotopic (exact) mass is 591 g/mol. The Bertz CT molecular complexity index is 891. The van der Waals surface area contributed by atoms with Crippen LogP contribution in [-0.2, 0) is 4.74 Å². The summed E-state index contributed by atoms with van der Waals surface area (Å²) in [6, 6.07) is 28.3. The molecule has 1 saturated heterocycles. The van der Waals surface area contributed by atoms with Crippen molar-refractivity contribution in [3.05, 3.63) is 108 Å². The zero-order valence-electron chi connectivity index (χ0n) is 22.3. The van der Waals surface area contributed by atoms with Gasteiger partial charge in [-0.2, -0.15) is 0 Å². The molecule has 1 heterocycles. The minimum Gasteiger partial charge on any atom is -0.388 e. The predicted octanol–water partition coefficient (Wildman–Crippen LogP) is 7.61. The van der Waals surface area contributed by atoms with E-state index in [2.05, 4.69) is 0 Å². The van der Waals surface area contributed by atoms with Gasteiger partial charge in [0.1, 0.15) is 0 Å². The topological polar surface area (TPSA) is 66.8 Å². The van der Waals surface area contributed by atoms with Crippen LogP contribution >= 0.6 is 34.8 Å². The highest BCUT2D eigenvalue weighted by Gasteiger charge is 2.05. The Morgan fingerprint density at radius 3 is 1.36 bits per heavy atom. The average molecular weight is 593 g/mol. The predicted molar refractivity (Wildman–Crippen MR) is 165 cm³/mol. The first-order valence-electron chi connectivity index (χ1n) is 12.8. The summed E-state index contributed by atoms with van der Waals surface area (Å²) in [4.78, 5) is 11.2. The van der Waals surface area contributed by atoms with Crippen LogP contribution in [0.3, 0.4) is 0 Å². The summed E-state index contributed by atoms with van der Waals surface area (Å²) in [6.45, 7) is 2.00. The molecule has 0 aliphatic carbocycles. The van der Waals surface area contributed by atoms with E-state index >= 15 is 0 Å². The van der Waals surface area contributed by atoms with Crippen LogP contribution in [0.2, 0.25) is 0 Å². The van der Waals surface area contributed by atoms with Crippen LogP contribution in [0.15, 0.2) is 91.0 Å². The van der Waals surface area contributed by atoms with Gasteiger partial charge in [0.25, 0.3) is 0 Å². The van der Waals surface area contributed by atoms with Crippen molar-refractivity contribution in [2.75, 3.05) is 30.9 Å². The van der Waals surface area contributed by atoms with Gasteiger partial charge in [-0.3, -0.25) is 4.79 Å². The molecule has 1 aliphatic rings. The highest BCUT2D eigenvalue weighted by molar-refractivity contribution is 6.19. The maximum absolute atomic E-state index is 11.2. The van der Waals surface area contributed by atoms with Crippen LogP contribution in [0.4, 0.5) is 0 Å². The quantitative estimate of drug-likeness (QED) is 0.152. The number of ketones is 1. The van der Waals surface area contributed by atoms with Crippen LogP contribution in [0, 0.1) is 0 Å². The molecule has 0 unspecified atom stereocenters. The Kier molecular flexibility index (Phi) is 23.9. The molecule has 211 valence electrons. The molecule has 8 heteroatoms. The van der Waals surface area contributed by atoms with Gasteiger partial charge in [0.05, 0.1) is 12.2 Å². The van der Waals surface area contributed by atoms with Gasteiger partial charge in [-0.05, 0) is 36.8 Å². The number of Topliss-reactive ketones (excluding diaryl/α,β-unsaturated/α-hetero) is 1.